The van der Waals surface area contributed by atoms with Crippen LogP contribution in [0.15, 0.2) is 24.3 Å². The van der Waals surface area contributed by atoms with Crippen LogP contribution in [-0.4, -0.2) is 26.1 Å². The highest BCUT2D eigenvalue weighted by Crippen LogP contribution is 2.26. The van der Waals surface area contributed by atoms with Crippen molar-refractivity contribution in [3.05, 3.63) is 35.4 Å². The Morgan fingerprint density at radius 1 is 1.38 bits per heavy atom. The molecule has 0 fully saturated rings. The average molecular weight is 227 g/mol. The van der Waals surface area contributed by atoms with E-state index in [1.807, 2.05) is 18.2 Å². The fraction of sp³-hybridized carbons (Fsp3) is 0.500. The molecule has 0 aromatic heterocycles. The van der Waals surface area contributed by atoms with Crippen LogP contribution in [0.5, 0.6) is 0 Å². The van der Waals surface area contributed by atoms with Crippen LogP contribution in [0, 0.1) is 0 Å². The van der Waals surface area contributed by atoms with Gasteiger partial charge in [-0.2, -0.15) is 0 Å². The summed E-state index contributed by atoms with van der Waals surface area (Å²) in [4.78, 5) is 0. The highest BCUT2D eigenvalue weighted by atomic mass is 19.3. The van der Waals surface area contributed by atoms with Gasteiger partial charge in [0.25, 0.3) is 6.43 Å². The van der Waals surface area contributed by atoms with Crippen molar-refractivity contribution in [3.8, 4) is 0 Å². The minimum Gasteiger partial charge on any atom is -0.372 e. The zero-order chi connectivity index (χ0) is 11.4. The van der Waals surface area contributed by atoms with Crippen molar-refractivity contribution in [2.24, 2.45) is 0 Å². The number of ether oxygens (including phenoxy) is 1. The quantitative estimate of drug-likeness (QED) is 0.851. The first-order chi connectivity index (χ1) is 7.77. The molecule has 88 valence electrons. The molecule has 1 N–H and O–H groups in total. The van der Waals surface area contributed by atoms with Gasteiger partial charge in [-0.25, -0.2) is 8.78 Å². The van der Waals surface area contributed by atoms with E-state index in [9.17, 15) is 8.78 Å². The Balaban J connectivity index is 1.96. The lowest BCUT2D eigenvalue weighted by atomic mass is 9.97. The van der Waals surface area contributed by atoms with Crippen molar-refractivity contribution < 1.29 is 13.5 Å². The maximum Gasteiger partial charge on any atom is 0.250 e. The maximum atomic E-state index is 12.0. The fourth-order valence-electron chi connectivity index (χ4n) is 1.97. The smallest absolute Gasteiger partial charge is 0.250 e. The summed E-state index contributed by atoms with van der Waals surface area (Å²) in [5.74, 6) is 0. The molecule has 0 bridgehead atoms. The van der Waals surface area contributed by atoms with E-state index < -0.39 is 6.43 Å². The molecule has 1 aromatic carbocycles. The SMILES string of the molecule is FC(F)CNCC1OCCc2ccccc21. The first kappa shape index (κ1) is 11.5. The van der Waals surface area contributed by atoms with Gasteiger partial charge in [-0.3, -0.25) is 0 Å². The minimum absolute atomic E-state index is 0.0938. The molecule has 16 heavy (non-hydrogen) atoms. The number of hydrogen-bond acceptors (Lipinski definition) is 2. The van der Waals surface area contributed by atoms with Crippen LogP contribution in [0.1, 0.15) is 17.2 Å². The van der Waals surface area contributed by atoms with Gasteiger partial charge >= 0.3 is 0 Å². The Morgan fingerprint density at radius 2 is 2.19 bits per heavy atom. The topological polar surface area (TPSA) is 21.3 Å². The van der Waals surface area contributed by atoms with Gasteiger partial charge < -0.3 is 10.1 Å². The second kappa shape index (κ2) is 5.37. The van der Waals surface area contributed by atoms with Gasteiger partial charge in [0.05, 0.1) is 19.3 Å². The molecule has 2 rings (SSSR count). The van der Waals surface area contributed by atoms with Gasteiger partial charge in [0.2, 0.25) is 0 Å². The van der Waals surface area contributed by atoms with E-state index in [2.05, 4.69) is 11.4 Å². The predicted molar refractivity (Wildman–Crippen MR) is 57.7 cm³/mol. The molecule has 2 nitrogen and oxygen atoms in total. The zero-order valence-electron chi connectivity index (χ0n) is 8.96. The largest absolute Gasteiger partial charge is 0.372 e. The molecule has 1 unspecified atom stereocenters. The van der Waals surface area contributed by atoms with Gasteiger partial charge in [-0.15, -0.1) is 0 Å². The Hall–Kier alpha value is -1.00. The summed E-state index contributed by atoms with van der Waals surface area (Å²) in [6.45, 7) is 0.835. The van der Waals surface area contributed by atoms with E-state index >= 15 is 0 Å². The summed E-state index contributed by atoms with van der Waals surface area (Å²) in [5.41, 5.74) is 2.38. The van der Waals surface area contributed by atoms with Gasteiger partial charge in [0.15, 0.2) is 0 Å². The highest BCUT2D eigenvalue weighted by molar-refractivity contribution is 5.31. The van der Waals surface area contributed by atoms with Crippen molar-refractivity contribution in [1.82, 2.24) is 5.32 Å². The minimum atomic E-state index is -2.31. The number of alkyl halides is 2. The molecule has 1 aromatic rings. The number of benzene rings is 1. The van der Waals surface area contributed by atoms with Gasteiger partial charge in [0, 0.05) is 6.54 Å². The molecule has 1 atom stereocenters. The third-order valence-electron chi connectivity index (χ3n) is 2.72. The molecule has 1 aliphatic heterocycles. The van der Waals surface area contributed by atoms with Crippen LogP contribution in [0.25, 0.3) is 0 Å². The lowest BCUT2D eigenvalue weighted by Gasteiger charge is -2.26. The van der Waals surface area contributed by atoms with Crippen molar-refractivity contribution in [1.29, 1.82) is 0 Å². The summed E-state index contributed by atoms with van der Waals surface area (Å²) in [5, 5.41) is 2.72. The maximum absolute atomic E-state index is 12.0. The summed E-state index contributed by atoms with van der Waals surface area (Å²) >= 11 is 0. The van der Waals surface area contributed by atoms with Crippen LogP contribution < -0.4 is 5.32 Å². The Kier molecular flexibility index (Phi) is 3.85. The normalized spacial score (nSPS) is 19.8. The molecule has 1 aliphatic rings. The lowest BCUT2D eigenvalue weighted by molar-refractivity contribution is 0.0389. The van der Waals surface area contributed by atoms with Gasteiger partial charge in [0.1, 0.15) is 0 Å². The van der Waals surface area contributed by atoms with Crippen LogP contribution >= 0.6 is 0 Å². The fourth-order valence-corrected chi connectivity index (χ4v) is 1.97. The van der Waals surface area contributed by atoms with Crippen LogP contribution in [0.2, 0.25) is 0 Å². The number of halogens is 2. The third kappa shape index (κ3) is 2.77. The van der Waals surface area contributed by atoms with Gasteiger partial charge in [-0.05, 0) is 17.5 Å². The molecule has 0 amide bonds. The van der Waals surface area contributed by atoms with Crippen molar-refractivity contribution >= 4 is 0 Å². The van der Waals surface area contributed by atoms with Crippen LogP contribution in [-0.2, 0) is 11.2 Å². The van der Waals surface area contributed by atoms with E-state index in [4.69, 9.17) is 4.74 Å². The average Bonchev–Trinajstić information content (AvgIpc) is 2.29. The van der Waals surface area contributed by atoms with E-state index in [-0.39, 0.29) is 12.6 Å². The summed E-state index contributed by atoms with van der Waals surface area (Å²) in [6.07, 6.45) is -1.50. The zero-order valence-corrected chi connectivity index (χ0v) is 8.96. The molecule has 4 heteroatoms. The Bertz CT molecular complexity index is 344. The molecule has 0 radical (unpaired) electrons. The second-order valence-corrected chi connectivity index (χ2v) is 3.86. The van der Waals surface area contributed by atoms with Crippen molar-refractivity contribution in [3.63, 3.8) is 0 Å². The molecular weight excluding hydrogens is 212 g/mol. The van der Waals surface area contributed by atoms with E-state index in [1.54, 1.807) is 0 Å². The molecule has 0 saturated heterocycles. The summed E-state index contributed by atoms with van der Waals surface area (Å²) in [7, 11) is 0. The predicted octanol–water partition coefficient (Wildman–Crippen LogP) is 2.16. The van der Waals surface area contributed by atoms with Crippen LogP contribution in [0.4, 0.5) is 8.78 Å². The number of rotatable bonds is 4. The number of hydrogen-bond donors (Lipinski definition) is 1. The lowest BCUT2D eigenvalue weighted by Crippen LogP contribution is -2.30. The summed E-state index contributed by atoms with van der Waals surface area (Å²) < 4.78 is 29.5. The second-order valence-electron chi connectivity index (χ2n) is 3.86. The van der Waals surface area contributed by atoms with Crippen LogP contribution in [0.3, 0.4) is 0 Å². The third-order valence-corrected chi connectivity index (χ3v) is 2.72. The summed E-state index contributed by atoms with van der Waals surface area (Å²) in [6, 6.07) is 8.02. The van der Waals surface area contributed by atoms with E-state index in [0.29, 0.717) is 13.2 Å². The van der Waals surface area contributed by atoms with Crippen molar-refractivity contribution in [2.45, 2.75) is 19.0 Å². The number of fused-ring (bicyclic) bond motifs is 1. The van der Waals surface area contributed by atoms with E-state index in [0.717, 1.165) is 12.0 Å². The number of nitrogens with one attached hydrogen (secondary N) is 1. The molecular formula is C12H15F2NO. The Morgan fingerprint density at radius 3 is 3.00 bits per heavy atom. The molecule has 0 saturated carbocycles. The van der Waals surface area contributed by atoms with Crippen molar-refractivity contribution in [2.75, 3.05) is 19.7 Å². The van der Waals surface area contributed by atoms with E-state index in [1.165, 1.54) is 5.56 Å². The highest BCUT2D eigenvalue weighted by Gasteiger charge is 2.20. The van der Waals surface area contributed by atoms with Gasteiger partial charge in [-0.1, -0.05) is 24.3 Å². The first-order valence-electron chi connectivity index (χ1n) is 5.45. The molecule has 0 aliphatic carbocycles. The standard InChI is InChI=1S/C12H15F2NO/c13-12(14)8-15-7-11-10-4-2-1-3-9(10)5-6-16-11/h1-4,11-12,15H,5-8H2. The molecule has 1 heterocycles. The molecule has 0 spiro atoms. The Labute approximate surface area is 93.6 Å². The monoisotopic (exact) mass is 227 g/mol. The first-order valence-corrected chi connectivity index (χ1v) is 5.45.